The van der Waals surface area contributed by atoms with Crippen molar-refractivity contribution in [3.63, 3.8) is 0 Å². The van der Waals surface area contributed by atoms with Crippen molar-refractivity contribution in [3.8, 4) is 0 Å². The second kappa shape index (κ2) is 15.0. The number of methoxy groups -OCH3 is 1. The fraction of sp³-hybridized carbons (Fsp3) is 0.343. The van der Waals surface area contributed by atoms with Crippen molar-refractivity contribution in [1.82, 2.24) is 19.1 Å². The Bertz CT molecular complexity index is 1950. The van der Waals surface area contributed by atoms with Gasteiger partial charge in [0.25, 0.3) is 0 Å². The average Bonchev–Trinajstić information content (AvgIpc) is 3.50. The molecule has 12 heteroatoms. The number of aromatic amines is 1. The van der Waals surface area contributed by atoms with Crippen LogP contribution in [0, 0.1) is 4.77 Å². The summed E-state index contributed by atoms with van der Waals surface area (Å²) in [6.45, 7) is 11.3. The lowest BCUT2D eigenvalue weighted by Gasteiger charge is -2.20. The number of imidazole rings is 2. The number of fused-ring (bicyclic) bond motifs is 2. The summed E-state index contributed by atoms with van der Waals surface area (Å²) in [5.74, 6) is -0.366. The van der Waals surface area contributed by atoms with Crippen LogP contribution in [0.2, 0.25) is 0 Å². The van der Waals surface area contributed by atoms with E-state index in [-0.39, 0.29) is 31.0 Å². The van der Waals surface area contributed by atoms with Crippen molar-refractivity contribution < 1.29 is 28.6 Å². The van der Waals surface area contributed by atoms with Crippen LogP contribution in [0.1, 0.15) is 57.5 Å². The molecule has 0 unspecified atom stereocenters. The van der Waals surface area contributed by atoms with Crippen LogP contribution >= 0.6 is 24.0 Å². The third-order valence-electron chi connectivity index (χ3n) is 6.43. The minimum absolute atomic E-state index is 0.0856. The van der Waals surface area contributed by atoms with Crippen molar-refractivity contribution in [2.75, 3.05) is 7.11 Å². The lowest BCUT2D eigenvalue weighted by atomic mass is 10.1. The average molecular weight is 677 g/mol. The zero-order chi connectivity index (χ0) is 34.4. The van der Waals surface area contributed by atoms with Gasteiger partial charge in [-0.1, -0.05) is 48.2 Å². The zero-order valence-corrected chi connectivity index (χ0v) is 29.3. The third-order valence-corrected chi connectivity index (χ3v) is 7.80. The minimum Gasteiger partial charge on any atom is -0.465 e. The molecule has 0 aliphatic heterocycles. The zero-order valence-electron chi connectivity index (χ0n) is 27.7. The molecule has 5 aromatic rings. The van der Waals surface area contributed by atoms with Gasteiger partial charge in [-0.3, -0.25) is 9.59 Å². The Labute approximate surface area is 283 Å². The number of H-pyrrole nitrogens is 1. The van der Waals surface area contributed by atoms with Crippen molar-refractivity contribution in [2.45, 2.75) is 76.7 Å². The lowest BCUT2D eigenvalue weighted by molar-refractivity contribution is -0.156. The molecule has 10 nitrogen and oxygen atoms in total. The van der Waals surface area contributed by atoms with Gasteiger partial charge >= 0.3 is 17.9 Å². The largest absolute Gasteiger partial charge is 0.465 e. The highest BCUT2D eigenvalue weighted by atomic mass is 32.2. The number of ether oxygens (including phenoxy) is 3. The number of carbonyl (C=O) groups excluding carboxylic acids is 3. The van der Waals surface area contributed by atoms with Crippen LogP contribution in [-0.4, -0.2) is 55.3 Å². The first-order chi connectivity index (χ1) is 22.1. The van der Waals surface area contributed by atoms with Gasteiger partial charge in [0.05, 0.1) is 34.7 Å². The van der Waals surface area contributed by atoms with Crippen LogP contribution in [-0.2, 0) is 42.6 Å². The molecule has 1 N–H and O–H groups in total. The Morgan fingerprint density at radius 2 is 1.40 bits per heavy atom. The van der Waals surface area contributed by atoms with Gasteiger partial charge in [0.15, 0.2) is 9.93 Å². The van der Waals surface area contributed by atoms with E-state index < -0.39 is 11.2 Å². The summed E-state index contributed by atoms with van der Waals surface area (Å²) in [6, 6.07) is 22.7. The summed E-state index contributed by atoms with van der Waals surface area (Å²) in [6.07, 6.45) is 0. The molecule has 0 aliphatic rings. The fourth-order valence-corrected chi connectivity index (χ4v) is 5.87. The highest BCUT2D eigenvalue weighted by Gasteiger charge is 2.20. The number of aromatic nitrogens is 4. The Balaban J connectivity index is 0.000000238. The van der Waals surface area contributed by atoms with Crippen molar-refractivity contribution in [3.05, 3.63) is 88.7 Å². The Morgan fingerprint density at radius 1 is 0.809 bits per heavy atom. The quantitative estimate of drug-likeness (QED) is 0.0772. The number of thioether (sulfide) groups is 1. The molecule has 0 bridgehead atoms. The number of hydrogen-bond acceptors (Lipinski definition) is 9. The number of benzene rings is 3. The van der Waals surface area contributed by atoms with E-state index in [2.05, 4.69) is 9.97 Å². The molecule has 0 atom stereocenters. The highest BCUT2D eigenvalue weighted by Crippen LogP contribution is 2.27. The van der Waals surface area contributed by atoms with Gasteiger partial charge in [-0.15, -0.1) is 0 Å². The van der Waals surface area contributed by atoms with E-state index in [1.807, 2.05) is 107 Å². The van der Waals surface area contributed by atoms with E-state index in [0.717, 1.165) is 32.8 Å². The van der Waals surface area contributed by atoms with Crippen molar-refractivity contribution in [2.24, 2.45) is 0 Å². The SMILES string of the molecule is CC(C)(C)OC(=O)Cn1c(=S)[nH]c2ccccc21.COC(=O)c1cccc(CSc2nc3ccccc3n2CC(=O)OC(C)(C)C)c1. The number of nitrogens with zero attached hydrogens (tertiary/aromatic N) is 3. The standard InChI is InChI=1S/C22H24N2O4S.C13H16N2O2S/c1-22(2,3)28-19(25)13-24-18-11-6-5-10-17(18)23-21(24)29-14-15-8-7-9-16(12-15)20(26)27-4;1-13(2,3)17-11(16)8-15-10-7-5-4-6-9(10)14-12(15)18/h5-12H,13-14H2,1-4H3;4-7H,8H2,1-3H3,(H,14,18). The van der Waals surface area contributed by atoms with Gasteiger partial charge in [0, 0.05) is 5.75 Å². The molecule has 0 spiro atoms. The fourth-order valence-electron chi connectivity index (χ4n) is 4.64. The second-order valence-electron chi connectivity index (χ2n) is 12.7. The van der Waals surface area contributed by atoms with Crippen LogP contribution in [0.3, 0.4) is 0 Å². The van der Waals surface area contributed by atoms with Gasteiger partial charge in [0.2, 0.25) is 0 Å². The van der Waals surface area contributed by atoms with Crippen molar-refractivity contribution in [1.29, 1.82) is 0 Å². The summed E-state index contributed by atoms with van der Waals surface area (Å²) in [5.41, 5.74) is 3.98. The molecular formula is C35H40N4O6S2. The summed E-state index contributed by atoms with van der Waals surface area (Å²) in [5, 5.41) is 0.723. The number of carbonyl (C=O) groups is 3. The van der Waals surface area contributed by atoms with E-state index in [1.165, 1.54) is 18.9 Å². The molecule has 2 aromatic heterocycles. The van der Waals surface area contributed by atoms with E-state index in [4.69, 9.17) is 26.4 Å². The molecule has 5 rings (SSSR count). The lowest BCUT2D eigenvalue weighted by Crippen LogP contribution is -2.26. The number of hydrogen-bond donors (Lipinski definition) is 1. The Kier molecular flexibility index (Phi) is 11.3. The molecule has 0 saturated heterocycles. The van der Waals surface area contributed by atoms with Gasteiger partial charge in [-0.25, -0.2) is 9.78 Å². The number of esters is 3. The second-order valence-corrected chi connectivity index (χ2v) is 14.0. The van der Waals surface area contributed by atoms with Gasteiger partial charge < -0.3 is 28.3 Å². The van der Waals surface area contributed by atoms with E-state index in [0.29, 0.717) is 16.1 Å². The van der Waals surface area contributed by atoms with E-state index in [9.17, 15) is 14.4 Å². The molecule has 0 radical (unpaired) electrons. The van der Waals surface area contributed by atoms with E-state index >= 15 is 0 Å². The summed E-state index contributed by atoms with van der Waals surface area (Å²) >= 11 is 6.72. The molecular weight excluding hydrogens is 637 g/mol. The van der Waals surface area contributed by atoms with Crippen LogP contribution < -0.4 is 0 Å². The molecule has 0 saturated carbocycles. The topological polar surface area (TPSA) is 117 Å². The maximum atomic E-state index is 12.4. The Morgan fingerprint density at radius 3 is 2.04 bits per heavy atom. The number of para-hydroxylation sites is 4. The first-order valence-electron chi connectivity index (χ1n) is 15.0. The van der Waals surface area contributed by atoms with Crippen LogP contribution in [0.15, 0.2) is 78.0 Å². The number of rotatable bonds is 8. The monoisotopic (exact) mass is 676 g/mol. The summed E-state index contributed by atoms with van der Waals surface area (Å²) < 4.78 is 19.7. The maximum absolute atomic E-state index is 12.4. The van der Waals surface area contributed by atoms with Crippen LogP contribution in [0.4, 0.5) is 0 Å². The normalized spacial score (nSPS) is 11.6. The molecule has 2 heterocycles. The minimum atomic E-state index is -0.547. The number of nitrogens with one attached hydrogen (secondary N) is 1. The summed E-state index contributed by atoms with van der Waals surface area (Å²) in [4.78, 5) is 43.7. The molecule has 0 fully saturated rings. The predicted octanol–water partition coefficient (Wildman–Crippen LogP) is 7.50. The molecule has 248 valence electrons. The van der Waals surface area contributed by atoms with E-state index in [1.54, 1.807) is 16.7 Å². The van der Waals surface area contributed by atoms with Gasteiger partial charge in [-0.2, -0.15) is 0 Å². The third kappa shape index (κ3) is 10.0. The van der Waals surface area contributed by atoms with Crippen molar-refractivity contribution >= 4 is 64.0 Å². The predicted molar refractivity (Wildman–Crippen MR) is 186 cm³/mol. The Hall–Kier alpha value is -4.42. The smallest absolute Gasteiger partial charge is 0.337 e. The molecule has 0 aliphatic carbocycles. The maximum Gasteiger partial charge on any atom is 0.337 e. The first kappa shape index (κ1) is 35.4. The molecule has 3 aromatic carbocycles. The first-order valence-corrected chi connectivity index (χ1v) is 16.4. The van der Waals surface area contributed by atoms with Crippen LogP contribution in [0.25, 0.3) is 22.1 Å². The van der Waals surface area contributed by atoms with Crippen LogP contribution in [0.5, 0.6) is 0 Å². The van der Waals surface area contributed by atoms with Gasteiger partial charge in [-0.05, 0) is 95.7 Å². The molecule has 0 amide bonds. The summed E-state index contributed by atoms with van der Waals surface area (Å²) in [7, 11) is 1.36. The highest BCUT2D eigenvalue weighted by molar-refractivity contribution is 7.98. The van der Waals surface area contributed by atoms with Gasteiger partial charge in [0.1, 0.15) is 24.3 Å². The molecule has 47 heavy (non-hydrogen) atoms.